The molecule has 2 fully saturated rings. The van der Waals surface area contributed by atoms with Crippen molar-refractivity contribution in [1.29, 1.82) is 0 Å². The third-order valence-electron chi connectivity index (χ3n) is 6.73. The third kappa shape index (κ3) is 7.35. The molecule has 3 aromatic rings. The Bertz CT molecular complexity index is 1380. The minimum atomic E-state index is -0.755. The van der Waals surface area contributed by atoms with Gasteiger partial charge >= 0.3 is 6.03 Å². The zero-order valence-electron chi connectivity index (χ0n) is 22.4. The molecular weight excluding hydrogens is 536 g/mol. The Balaban J connectivity index is 0.000000367. The van der Waals surface area contributed by atoms with Crippen LogP contribution in [0.15, 0.2) is 72.8 Å². The number of phenols is 1. The van der Waals surface area contributed by atoms with E-state index in [9.17, 15) is 23.2 Å². The molecule has 3 aromatic carbocycles. The van der Waals surface area contributed by atoms with E-state index in [-0.39, 0.29) is 55.9 Å². The number of benzene rings is 3. The first-order chi connectivity index (χ1) is 19.7. The lowest BCUT2D eigenvalue weighted by Crippen LogP contribution is -2.73. The third-order valence-corrected chi connectivity index (χ3v) is 6.73. The van der Waals surface area contributed by atoms with Crippen LogP contribution in [0.3, 0.4) is 0 Å². The number of fused-ring (bicyclic) bond motifs is 1. The average molecular weight is 568 g/mol. The Morgan fingerprint density at radius 2 is 1.66 bits per heavy atom. The quantitative estimate of drug-likeness (QED) is 0.436. The molecule has 0 spiro atoms. The maximum Gasteiger partial charge on any atom is 0.334 e. The Morgan fingerprint density at radius 3 is 2.32 bits per heavy atom. The molecule has 2 heterocycles. The first-order valence-corrected chi connectivity index (χ1v) is 12.9. The minimum Gasteiger partial charge on any atom is -0.508 e. The minimum absolute atomic E-state index is 0.00445. The summed E-state index contributed by atoms with van der Waals surface area (Å²) in [6.07, 6.45) is -0.738. The zero-order chi connectivity index (χ0) is 29.5. The van der Waals surface area contributed by atoms with Crippen molar-refractivity contribution in [1.82, 2.24) is 25.1 Å². The fourth-order valence-electron chi connectivity index (χ4n) is 4.56. The van der Waals surface area contributed by atoms with Crippen molar-refractivity contribution < 1.29 is 33.4 Å². The lowest BCUT2D eigenvalue weighted by Gasteiger charge is -2.51. The second-order valence-corrected chi connectivity index (χ2v) is 9.64. The van der Waals surface area contributed by atoms with Crippen LogP contribution >= 0.6 is 0 Å². The SMILES string of the molecule is CN1CC(=O)N2CC(=O)N(Cc3ccc(F)cc3F)CC2N1C(=O)NCc1ccccc1.OCc1ccc(O)cc1. The normalized spacial score (nSPS) is 17.1. The molecule has 2 saturated heterocycles. The number of aliphatic hydroxyl groups is 1. The van der Waals surface area contributed by atoms with Crippen LogP contribution in [-0.4, -0.2) is 80.7 Å². The number of urea groups is 1. The van der Waals surface area contributed by atoms with Gasteiger partial charge in [0.15, 0.2) is 0 Å². The summed E-state index contributed by atoms with van der Waals surface area (Å²) in [6, 6.07) is 18.6. The van der Waals surface area contributed by atoms with Crippen molar-refractivity contribution >= 4 is 17.8 Å². The summed E-state index contributed by atoms with van der Waals surface area (Å²) in [6.45, 7) is -0.0245. The molecule has 2 aliphatic heterocycles. The molecule has 1 atom stereocenters. The Hall–Kier alpha value is -4.55. The van der Waals surface area contributed by atoms with Gasteiger partial charge in [0, 0.05) is 31.8 Å². The first-order valence-electron chi connectivity index (χ1n) is 12.9. The summed E-state index contributed by atoms with van der Waals surface area (Å²) >= 11 is 0. The van der Waals surface area contributed by atoms with Gasteiger partial charge in [-0.25, -0.2) is 23.6 Å². The fourth-order valence-corrected chi connectivity index (χ4v) is 4.56. The van der Waals surface area contributed by atoms with Crippen LogP contribution < -0.4 is 5.32 Å². The first kappa shape index (κ1) is 29.4. The molecule has 12 heteroatoms. The highest BCUT2D eigenvalue weighted by atomic mass is 19.1. The number of rotatable bonds is 5. The van der Waals surface area contributed by atoms with Gasteiger partial charge in [0.1, 0.15) is 30.1 Å². The van der Waals surface area contributed by atoms with Crippen molar-refractivity contribution in [3.8, 4) is 5.75 Å². The summed E-state index contributed by atoms with van der Waals surface area (Å²) in [7, 11) is 1.62. The Kier molecular flexibility index (Phi) is 9.48. The second kappa shape index (κ2) is 13.2. The largest absolute Gasteiger partial charge is 0.508 e. The molecule has 0 radical (unpaired) electrons. The smallest absolute Gasteiger partial charge is 0.334 e. The standard InChI is InChI=1S/C22H23F2N5O3.C7H8O2/c1-26-13-21(31)28-14-20(30)27(11-16-7-8-17(23)9-18(16)24)12-19(28)29(26)22(32)25-10-15-5-3-2-4-6-15;8-5-6-1-3-7(9)4-2-6/h2-9,19H,10-14H2,1H3,(H,25,32);1-4,8-9H,5H2. The lowest BCUT2D eigenvalue weighted by molar-refractivity contribution is -0.178. The average Bonchev–Trinajstić information content (AvgIpc) is 2.95. The van der Waals surface area contributed by atoms with Crippen LogP contribution in [0.5, 0.6) is 5.75 Å². The van der Waals surface area contributed by atoms with Crippen molar-refractivity contribution in [3.63, 3.8) is 0 Å². The lowest BCUT2D eigenvalue weighted by atomic mass is 10.1. The summed E-state index contributed by atoms with van der Waals surface area (Å²) in [5.74, 6) is -1.87. The molecule has 2 aliphatic rings. The van der Waals surface area contributed by atoms with Crippen molar-refractivity contribution in [2.45, 2.75) is 25.9 Å². The number of likely N-dealkylation sites (N-methyl/N-ethyl adjacent to an activating group) is 1. The highest BCUT2D eigenvalue weighted by Gasteiger charge is 2.45. The van der Waals surface area contributed by atoms with E-state index in [2.05, 4.69) is 5.32 Å². The number of hydrogen-bond donors (Lipinski definition) is 3. The Morgan fingerprint density at radius 1 is 0.951 bits per heavy atom. The predicted octanol–water partition coefficient (Wildman–Crippen LogP) is 2.42. The van der Waals surface area contributed by atoms with E-state index >= 15 is 0 Å². The zero-order valence-corrected chi connectivity index (χ0v) is 22.4. The monoisotopic (exact) mass is 567 g/mol. The number of hydrogen-bond acceptors (Lipinski definition) is 6. The van der Waals surface area contributed by atoms with Crippen LogP contribution in [-0.2, 0) is 29.3 Å². The van der Waals surface area contributed by atoms with Gasteiger partial charge in [0.25, 0.3) is 0 Å². The van der Waals surface area contributed by atoms with Crippen molar-refractivity contribution in [2.75, 3.05) is 26.7 Å². The topological polar surface area (TPSA) is 117 Å². The van der Waals surface area contributed by atoms with Crippen LogP contribution in [0.1, 0.15) is 16.7 Å². The number of aromatic hydroxyl groups is 1. The number of aliphatic hydroxyl groups excluding tert-OH is 1. The molecule has 3 N–H and O–H groups in total. The van der Waals surface area contributed by atoms with Gasteiger partial charge in [-0.3, -0.25) is 9.59 Å². The number of piperazine rings is 1. The molecule has 10 nitrogen and oxygen atoms in total. The number of amides is 4. The molecular formula is C29H31F2N5O5. The molecule has 0 saturated carbocycles. The number of halogens is 2. The van der Waals surface area contributed by atoms with E-state index in [0.29, 0.717) is 6.54 Å². The van der Waals surface area contributed by atoms with Gasteiger partial charge in [0.2, 0.25) is 11.8 Å². The van der Waals surface area contributed by atoms with Crippen molar-refractivity contribution in [2.24, 2.45) is 0 Å². The van der Waals surface area contributed by atoms with Gasteiger partial charge in [-0.2, -0.15) is 0 Å². The maximum atomic E-state index is 14.1. The summed E-state index contributed by atoms with van der Waals surface area (Å²) in [4.78, 5) is 40.9. The van der Waals surface area contributed by atoms with E-state index < -0.39 is 23.8 Å². The number of nitrogens with zero attached hydrogens (tertiary/aromatic N) is 4. The second-order valence-electron chi connectivity index (χ2n) is 9.64. The van der Waals surface area contributed by atoms with Crippen molar-refractivity contribution in [3.05, 3.63) is 101 Å². The van der Waals surface area contributed by atoms with Gasteiger partial charge < -0.3 is 25.3 Å². The molecule has 0 aromatic heterocycles. The van der Waals surface area contributed by atoms with Crippen LogP contribution in [0.4, 0.5) is 13.6 Å². The van der Waals surface area contributed by atoms with Gasteiger partial charge in [-0.1, -0.05) is 48.5 Å². The summed E-state index contributed by atoms with van der Waals surface area (Å²) in [5, 5.41) is 23.1. The number of carbonyl (C=O) groups excluding carboxylic acids is 3. The van der Waals surface area contributed by atoms with Gasteiger partial charge in [-0.15, -0.1) is 0 Å². The Labute approximate surface area is 236 Å². The highest BCUT2D eigenvalue weighted by Crippen LogP contribution is 2.23. The van der Waals surface area contributed by atoms with Gasteiger partial charge in [0.05, 0.1) is 19.7 Å². The van der Waals surface area contributed by atoms with Crippen LogP contribution in [0.2, 0.25) is 0 Å². The van der Waals surface area contributed by atoms with E-state index in [1.165, 1.54) is 25.9 Å². The van der Waals surface area contributed by atoms with Crippen LogP contribution in [0.25, 0.3) is 0 Å². The summed E-state index contributed by atoms with van der Waals surface area (Å²) < 4.78 is 27.4. The predicted molar refractivity (Wildman–Crippen MR) is 144 cm³/mol. The fraction of sp³-hybridized carbons (Fsp3) is 0.276. The van der Waals surface area contributed by atoms with E-state index in [1.807, 2.05) is 30.3 Å². The molecule has 0 aliphatic carbocycles. The molecule has 5 rings (SSSR count). The highest BCUT2D eigenvalue weighted by molar-refractivity contribution is 5.89. The number of hydrazine groups is 1. The summed E-state index contributed by atoms with van der Waals surface area (Å²) in [5.41, 5.74) is 1.89. The van der Waals surface area contributed by atoms with Gasteiger partial charge in [-0.05, 0) is 29.3 Å². The number of carbonyl (C=O) groups is 3. The molecule has 4 amide bonds. The molecule has 1 unspecified atom stereocenters. The molecule has 0 bridgehead atoms. The molecule has 216 valence electrons. The van der Waals surface area contributed by atoms with E-state index in [4.69, 9.17) is 10.2 Å². The number of nitrogens with one attached hydrogen (secondary N) is 1. The van der Waals surface area contributed by atoms with Crippen LogP contribution in [0, 0.1) is 11.6 Å². The maximum absolute atomic E-state index is 14.1. The molecule has 41 heavy (non-hydrogen) atoms. The van der Waals surface area contributed by atoms with E-state index in [0.717, 1.165) is 23.3 Å². The number of phenolic OH excluding ortho intramolecular Hbond substituents is 1. The van der Waals surface area contributed by atoms with E-state index in [1.54, 1.807) is 31.3 Å².